The van der Waals surface area contributed by atoms with Crippen molar-refractivity contribution in [2.75, 3.05) is 19.6 Å². The molecule has 7 heteroatoms. The van der Waals surface area contributed by atoms with Gasteiger partial charge in [0.15, 0.2) is 5.65 Å². The van der Waals surface area contributed by atoms with Crippen LogP contribution in [-0.2, 0) is 6.54 Å². The van der Waals surface area contributed by atoms with E-state index in [1.165, 1.54) is 0 Å². The van der Waals surface area contributed by atoms with E-state index in [0.29, 0.717) is 29.5 Å². The highest BCUT2D eigenvalue weighted by atomic mass is 19.1. The number of benzene rings is 1. The molecule has 0 unspecified atom stereocenters. The fourth-order valence-corrected chi connectivity index (χ4v) is 4.84. The van der Waals surface area contributed by atoms with E-state index in [-0.39, 0.29) is 5.82 Å². The van der Waals surface area contributed by atoms with Crippen LogP contribution in [0.4, 0.5) is 4.39 Å². The number of aromatic nitrogens is 5. The minimum atomic E-state index is -0.174. The molecule has 3 aromatic heterocycles. The molecule has 170 valence electrons. The topological polar surface area (TPSA) is 59.7 Å². The maximum absolute atomic E-state index is 15.3. The minimum absolute atomic E-state index is 0.174. The van der Waals surface area contributed by atoms with E-state index >= 15 is 4.39 Å². The molecule has 1 aliphatic heterocycles. The molecule has 33 heavy (non-hydrogen) atoms. The molecule has 0 saturated carbocycles. The fourth-order valence-electron chi connectivity index (χ4n) is 4.84. The zero-order valence-corrected chi connectivity index (χ0v) is 19.4. The molecule has 1 aliphatic rings. The van der Waals surface area contributed by atoms with Crippen LogP contribution in [0.15, 0.2) is 42.7 Å². The predicted octanol–water partition coefficient (Wildman–Crippen LogP) is 4.89. The second kappa shape index (κ2) is 8.98. The van der Waals surface area contributed by atoms with Crippen LogP contribution in [0.5, 0.6) is 0 Å². The summed E-state index contributed by atoms with van der Waals surface area (Å²) in [5, 5.41) is 0. The second-order valence-electron chi connectivity index (χ2n) is 8.85. The normalized spacial score (nSPS) is 15.4. The van der Waals surface area contributed by atoms with Crippen LogP contribution in [0, 0.1) is 19.7 Å². The lowest BCUT2D eigenvalue weighted by atomic mass is 9.89. The molecular formula is C26H29FN6. The first-order valence-corrected chi connectivity index (χ1v) is 11.7. The number of nitrogens with zero attached hydrogens (tertiary/aromatic N) is 6. The van der Waals surface area contributed by atoms with Gasteiger partial charge < -0.3 is 9.47 Å². The number of imidazole rings is 1. The molecule has 0 bridgehead atoms. The molecule has 5 rings (SSSR count). The van der Waals surface area contributed by atoms with Crippen LogP contribution in [-0.4, -0.2) is 49.0 Å². The van der Waals surface area contributed by atoms with Gasteiger partial charge in [0.1, 0.15) is 23.0 Å². The van der Waals surface area contributed by atoms with Gasteiger partial charge in [0.25, 0.3) is 0 Å². The molecular weight excluding hydrogens is 415 g/mol. The van der Waals surface area contributed by atoms with Crippen LogP contribution >= 0.6 is 0 Å². The van der Waals surface area contributed by atoms with Crippen molar-refractivity contribution in [3.63, 3.8) is 0 Å². The largest absolute Gasteiger partial charge is 0.304 e. The molecule has 0 atom stereocenters. The fraction of sp³-hybridized carbons (Fsp3) is 0.385. The third-order valence-electron chi connectivity index (χ3n) is 6.71. The summed E-state index contributed by atoms with van der Waals surface area (Å²) in [6.07, 6.45) is 5.67. The summed E-state index contributed by atoms with van der Waals surface area (Å²) in [7, 11) is 0. The monoisotopic (exact) mass is 444 g/mol. The first-order valence-electron chi connectivity index (χ1n) is 11.7. The number of rotatable bonds is 5. The van der Waals surface area contributed by atoms with Gasteiger partial charge in [-0.15, -0.1) is 0 Å². The van der Waals surface area contributed by atoms with Crippen molar-refractivity contribution >= 4 is 11.2 Å². The van der Waals surface area contributed by atoms with Crippen molar-refractivity contribution in [3.05, 3.63) is 71.2 Å². The van der Waals surface area contributed by atoms with Crippen molar-refractivity contribution in [1.29, 1.82) is 0 Å². The van der Waals surface area contributed by atoms with Crippen molar-refractivity contribution in [2.45, 2.75) is 46.1 Å². The Morgan fingerprint density at radius 1 is 1.06 bits per heavy atom. The van der Waals surface area contributed by atoms with Crippen LogP contribution in [0.3, 0.4) is 0 Å². The Kier molecular flexibility index (Phi) is 5.89. The molecule has 1 saturated heterocycles. The SMILES string of the molecule is CCN1CCC(c2ccc(Cn3c(-c4cccnc4)nc4c(C)nc(C)nc43)c(F)c2)CC1. The van der Waals surface area contributed by atoms with E-state index in [1.807, 2.05) is 36.6 Å². The third kappa shape index (κ3) is 4.25. The molecule has 0 aliphatic carbocycles. The molecule has 0 N–H and O–H groups in total. The van der Waals surface area contributed by atoms with Crippen LogP contribution in [0.25, 0.3) is 22.6 Å². The van der Waals surface area contributed by atoms with Crippen molar-refractivity contribution in [3.8, 4) is 11.4 Å². The number of hydrogen-bond acceptors (Lipinski definition) is 5. The van der Waals surface area contributed by atoms with Crippen LogP contribution in [0.1, 0.15) is 48.3 Å². The Morgan fingerprint density at radius 2 is 1.88 bits per heavy atom. The summed E-state index contributed by atoms with van der Waals surface area (Å²) in [4.78, 5) is 20.7. The summed E-state index contributed by atoms with van der Waals surface area (Å²) < 4.78 is 17.3. The Balaban J connectivity index is 1.51. The standard InChI is InChI=1S/C26H29FN6/c1-4-32-12-9-19(10-13-32)20-7-8-22(23(27)14-20)16-33-25(21-6-5-11-28-15-21)31-24-17(2)29-18(3)30-26(24)33/h5-8,11,14-15,19H,4,9-10,12-13,16H2,1-3H3. The Morgan fingerprint density at radius 3 is 2.58 bits per heavy atom. The van der Waals surface area contributed by atoms with Gasteiger partial charge in [0.05, 0.1) is 12.2 Å². The quantitative estimate of drug-likeness (QED) is 0.439. The minimum Gasteiger partial charge on any atom is -0.304 e. The van der Waals surface area contributed by atoms with Gasteiger partial charge in [0, 0.05) is 23.5 Å². The van der Waals surface area contributed by atoms with E-state index < -0.39 is 0 Å². The molecule has 4 heterocycles. The van der Waals surface area contributed by atoms with Gasteiger partial charge in [-0.05, 0) is 76.0 Å². The maximum Gasteiger partial charge on any atom is 0.164 e. The lowest BCUT2D eigenvalue weighted by Gasteiger charge is -2.31. The lowest BCUT2D eigenvalue weighted by molar-refractivity contribution is 0.222. The molecule has 1 fully saturated rings. The number of piperidine rings is 1. The predicted molar refractivity (Wildman–Crippen MR) is 128 cm³/mol. The highest BCUT2D eigenvalue weighted by Crippen LogP contribution is 2.30. The Labute approximate surface area is 193 Å². The van der Waals surface area contributed by atoms with Gasteiger partial charge >= 0.3 is 0 Å². The van der Waals surface area contributed by atoms with Gasteiger partial charge in [-0.25, -0.2) is 19.3 Å². The number of halogens is 1. The summed E-state index contributed by atoms with van der Waals surface area (Å²) in [6, 6.07) is 9.59. The van der Waals surface area contributed by atoms with Crippen LogP contribution in [0.2, 0.25) is 0 Å². The summed E-state index contributed by atoms with van der Waals surface area (Å²) in [5.74, 6) is 1.64. The van der Waals surface area contributed by atoms with Crippen molar-refractivity contribution in [2.24, 2.45) is 0 Å². The average Bonchev–Trinajstić information content (AvgIpc) is 3.19. The smallest absolute Gasteiger partial charge is 0.164 e. The molecule has 0 radical (unpaired) electrons. The summed E-state index contributed by atoms with van der Waals surface area (Å²) in [6.45, 7) is 9.59. The molecule has 0 spiro atoms. The van der Waals surface area contributed by atoms with Crippen molar-refractivity contribution < 1.29 is 4.39 Å². The number of fused-ring (bicyclic) bond motifs is 1. The number of aryl methyl sites for hydroxylation is 2. The van der Waals surface area contributed by atoms with E-state index in [0.717, 1.165) is 60.6 Å². The highest BCUT2D eigenvalue weighted by Gasteiger charge is 2.22. The number of hydrogen-bond donors (Lipinski definition) is 0. The zero-order valence-electron chi connectivity index (χ0n) is 19.4. The van der Waals surface area contributed by atoms with Gasteiger partial charge in [-0.1, -0.05) is 19.1 Å². The first kappa shape index (κ1) is 21.6. The zero-order chi connectivity index (χ0) is 22.9. The molecule has 6 nitrogen and oxygen atoms in total. The molecule has 4 aromatic rings. The van der Waals surface area contributed by atoms with Crippen molar-refractivity contribution in [1.82, 2.24) is 29.4 Å². The van der Waals surface area contributed by atoms with Gasteiger partial charge in [-0.2, -0.15) is 0 Å². The first-order chi connectivity index (χ1) is 16.0. The molecule has 0 amide bonds. The maximum atomic E-state index is 15.3. The molecule has 1 aromatic carbocycles. The summed E-state index contributed by atoms with van der Waals surface area (Å²) in [5.41, 5.74) is 4.86. The second-order valence-corrected chi connectivity index (χ2v) is 8.85. The Hall–Kier alpha value is -3.19. The Bertz CT molecular complexity index is 1280. The van der Waals surface area contributed by atoms with Gasteiger partial charge in [-0.3, -0.25) is 4.98 Å². The van der Waals surface area contributed by atoms with Crippen LogP contribution < -0.4 is 0 Å². The summed E-state index contributed by atoms with van der Waals surface area (Å²) >= 11 is 0. The van der Waals surface area contributed by atoms with E-state index in [1.54, 1.807) is 18.5 Å². The van der Waals surface area contributed by atoms with E-state index in [9.17, 15) is 0 Å². The van der Waals surface area contributed by atoms with E-state index in [2.05, 4.69) is 32.8 Å². The van der Waals surface area contributed by atoms with E-state index in [4.69, 9.17) is 4.98 Å². The third-order valence-corrected chi connectivity index (χ3v) is 6.71. The number of pyridine rings is 1. The number of likely N-dealkylation sites (tertiary alicyclic amines) is 1. The van der Waals surface area contributed by atoms with Gasteiger partial charge in [0.2, 0.25) is 0 Å². The highest BCUT2D eigenvalue weighted by molar-refractivity contribution is 5.79. The average molecular weight is 445 g/mol. The lowest BCUT2D eigenvalue weighted by Crippen LogP contribution is -2.32.